The molecule has 4 heteroatoms. The summed E-state index contributed by atoms with van der Waals surface area (Å²) in [6, 6.07) is 0.231. The van der Waals surface area contributed by atoms with E-state index in [2.05, 4.69) is 5.32 Å². The predicted molar refractivity (Wildman–Crippen MR) is 82.5 cm³/mol. The fraction of sp³-hybridized carbons (Fsp3) is 0.938. The fourth-order valence-electron chi connectivity index (χ4n) is 2.68. The Hall–Kier alpha value is -0.610. The van der Waals surface area contributed by atoms with Gasteiger partial charge < -0.3 is 15.8 Å². The SMILES string of the molecule is CC(N)CCCC(C)C(=O)NCCOC1CCCCC1. The van der Waals surface area contributed by atoms with Gasteiger partial charge in [0.05, 0.1) is 12.7 Å². The molecule has 0 heterocycles. The van der Waals surface area contributed by atoms with Crippen LogP contribution in [0, 0.1) is 5.92 Å². The van der Waals surface area contributed by atoms with E-state index in [0.29, 0.717) is 19.3 Å². The number of hydrogen-bond acceptors (Lipinski definition) is 3. The van der Waals surface area contributed by atoms with Crippen LogP contribution in [0.4, 0.5) is 0 Å². The second kappa shape index (κ2) is 10.2. The van der Waals surface area contributed by atoms with Gasteiger partial charge in [0.25, 0.3) is 0 Å². The molecule has 1 rings (SSSR count). The van der Waals surface area contributed by atoms with Gasteiger partial charge in [-0.25, -0.2) is 0 Å². The van der Waals surface area contributed by atoms with Crippen molar-refractivity contribution in [2.24, 2.45) is 11.7 Å². The van der Waals surface area contributed by atoms with Crippen LogP contribution in [-0.2, 0) is 9.53 Å². The average molecular weight is 284 g/mol. The van der Waals surface area contributed by atoms with E-state index in [1.807, 2.05) is 13.8 Å². The Labute approximate surface area is 123 Å². The molecular formula is C16H32N2O2. The Bertz CT molecular complexity index is 263. The molecule has 1 fully saturated rings. The van der Waals surface area contributed by atoms with Crippen LogP contribution in [0.25, 0.3) is 0 Å². The Morgan fingerprint density at radius 2 is 1.95 bits per heavy atom. The summed E-state index contributed by atoms with van der Waals surface area (Å²) in [6.07, 6.45) is 9.62. The van der Waals surface area contributed by atoms with E-state index in [1.165, 1.54) is 32.1 Å². The molecule has 0 aromatic heterocycles. The lowest BCUT2D eigenvalue weighted by Gasteiger charge is -2.22. The molecule has 3 N–H and O–H groups in total. The molecule has 0 spiro atoms. The van der Waals surface area contributed by atoms with Crippen LogP contribution in [0.3, 0.4) is 0 Å². The number of hydrogen-bond donors (Lipinski definition) is 2. The molecule has 0 radical (unpaired) electrons. The smallest absolute Gasteiger partial charge is 0.222 e. The molecule has 1 saturated carbocycles. The third kappa shape index (κ3) is 7.85. The van der Waals surface area contributed by atoms with Crippen LogP contribution in [0.15, 0.2) is 0 Å². The van der Waals surface area contributed by atoms with Crippen molar-refractivity contribution in [3.63, 3.8) is 0 Å². The quantitative estimate of drug-likeness (QED) is 0.640. The molecule has 4 nitrogen and oxygen atoms in total. The minimum Gasteiger partial charge on any atom is -0.376 e. The van der Waals surface area contributed by atoms with Crippen molar-refractivity contribution in [3.05, 3.63) is 0 Å². The first kappa shape index (κ1) is 17.4. The van der Waals surface area contributed by atoms with E-state index in [0.717, 1.165) is 19.3 Å². The second-order valence-electron chi connectivity index (χ2n) is 6.23. The summed E-state index contributed by atoms with van der Waals surface area (Å²) in [5.41, 5.74) is 5.71. The molecule has 118 valence electrons. The highest BCUT2D eigenvalue weighted by atomic mass is 16.5. The summed E-state index contributed by atoms with van der Waals surface area (Å²) >= 11 is 0. The van der Waals surface area contributed by atoms with Gasteiger partial charge in [-0.3, -0.25) is 4.79 Å². The van der Waals surface area contributed by atoms with Crippen molar-refractivity contribution < 1.29 is 9.53 Å². The zero-order valence-corrected chi connectivity index (χ0v) is 13.2. The lowest BCUT2D eigenvalue weighted by Crippen LogP contribution is -2.33. The highest BCUT2D eigenvalue weighted by molar-refractivity contribution is 5.78. The van der Waals surface area contributed by atoms with E-state index in [9.17, 15) is 4.79 Å². The van der Waals surface area contributed by atoms with Gasteiger partial charge in [-0.1, -0.05) is 32.6 Å². The topological polar surface area (TPSA) is 64.4 Å². The van der Waals surface area contributed by atoms with Gasteiger partial charge in [0.2, 0.25) is 5.91 Å². The Morgan fingerprint density at radius 3 is 2.60 bits per heavy atom. The summed E-state index contributed by atoms with van der Waals surface area (Å²) in [5.74, 6) is 0.213. The van der Waals surface area contributed by atoms with Gasteiger partial charge in [-0.15, -0.1) is 0 Å². The first-order valence-electron chi connectivity index (χ1n) is 8.24. The maximum Gasteiger partial charge on any atom is 0.222 e. The molecule has 0 saturated heterocycles. The van der Waals surface area contributed by atoms with Crippen LogP contribution in [0.2, 0.25) is 0 Å². The van der Waals surface area contributed by atoms with E-state index in [-0.39, 0.29) is 17.9 Å². The molecule has 0 aliphatic heterocycles. The van der Waals surface area contributed by atoms with E-state index in [4.69, 9.17) is 10.5 Å². The van der Waals surface area contributed by atoms with Crippen LogP contribution < -0.4 is 11.1 Å². The number of amides is 1. The zero-order chi connectivity index (χ0) is 14.8. The van der Waals surface area contributed by atoms with Crippen molar-refractivity contribution in [2.75, 3.05) is 13.2 Å². The van der Waals surface area contributed by atoms with Crippen molar-refractivity contribution in [1.82, 2.24) is 5.32 Å². The van der Waals surface area contributed by atoms with Gasteiger partial charge in [-0.2, -0.15) is 0 Å². The first-order chi connectivity index (χ1) is 9.59. The molecule has 2 unspecified atom stereocenters. The molecule has 2 atom stereocenters. The highest BCUT2D eigenvalue weighted by Crippen LogP contribution is 2.19. The Balaban J connectivity index is 2.00. The third-order valence-electron chi connectivity index (χ3n) is 4.05. The molecule has 1 aliphatic carbocycles. The predicted octanol–water partition coefficient (Wildman–Crippen LogP) is 2.61. The normalized spacial score (nSPS) is 19.6. The standard InChI is InChI=1S/C16H32N2O2/c1-13(7-6-8-14(2)17)16(19)18-11-12-20-15-9-4-3-5-10-15/h13-15H,3-12,17H2,1-2H3,(H,18,19). The van der Waals surface area contributed by atoms with Gasteiger partial charge in [0.15, 0.2) is 0 Å². The number of ether oxygens (including phenoxy) is 1. The highest BCUT2D eigenvalue weighted by Gasteiger charge is 2.15. The van der Waals surface area contributed by atoms with Crippen LogP contribution >= 0.6 is 0 Å². The van der Waals surface area contributed by atoms with Gasteiger partial charge in [0, 0.05) is 18.5 Å². The lowest BCUT2D eigenvalue weighted by atomic mass is 9.98. The number of rotatable bonds is 9. The van der Waals surface area contributed by atoms with Crippen molar-refractivity contribution in [3.8, 4) is 0 Å². The molecule has 0 aromatic rings. The molecule has 0 aromatic carbocycles. The van der Waals surface area contributed by atoms with E-state index < -0.39 is 0 Å². The summed E-state index contributed by atoms with van der Waals surface area (Å²) in [5, 5.41) is 2.96. The van der Waals surface area contributed by atoms with Crippen molar-refractivity contribution in [2.45, 2.75) is 77.4 Å². The molecule has 0 bridgehead atoms. The Kier molecular flexibility index (Phi) is 8.86. The third-order valence-corrected chi connectivity index (χ3v) is 4.05. The monoisotopic (exact) mass is 284 g/mol. The minimum atomic E-state index is 0.0726. The average Bonchev–Trinajstić information content (AvgIpc) is 2.44. The van der Waals surface area contributed by atoms with Crippen molar-refractivity contribution in [1.29, 1.82) is 0 Å². The first-order valence-corrected chi connectivity index (χ1v) is 8.24. The van der Waals surface area contributed by atoms with E-state index >= 15 is 0 Å². The van der Waals surface area contributed by atoms with Crippen LogP contribution in [0.5, 0.6) is 0 Å². The van der Waals surface area contributed by atoms with Crippen molar-refractivity contribution >= 4 is 5.91 Å². The molecular weight excluding hydrogens is 252 g/mol. The molecule has 1 aliphatic rings. The largest absolute Gasteiger partial charge is 0.376 e. The molecule has 1 amide bonds. The van der Waals surface area contributed by atoms with Gasteiger partial charge >= 0.3 is 0 Å². The molecule has 20 heavy (non-hydrogen) atoms. The zero-order valence-electron chi connectivity index (χ0n) is 13.2. The van der Waals surface area contributed by atoms with E-state index in [1.54, 1.807) is 0 Å². The number of nitrogens with two attached hydrogens (primary N) is 1. The second-order valence-corrected chi connectivity index (χ2v) is 6.23. The maximum absolute atomic E-state index is 11.9. The van der Waals surface area contributed by atoms with Crippen LogP contribution in [0.1, 0.15) is 65.2 Å². The summed E-state index contributed by atoms with van der Waals surface area (Å²) in [4.78, 5) is 11.9. The summed E-state index contributed by atoms with van der Waals surface area (Å²) in [6.45, 7) is 5.27. The lowest BCUT2D eigenvalue weighted by molar-refractivity contribution is -0.125. The minimum absolute atomic E-state index is 0.0726. The number of nitrogens with one attached hydrogen (secondary N) is 1. The fourth-order valence-corrected chi connectivity index (χ4v) is 2.68. The Morgan fingerprint density at radius 1 is 1.25 bits per heavy atom. The summed E-state index contributed by atoms with van der Waals surface area (Å²) in [7, 11) is 0. The summed E-state index contributed by atoms with van der Waals surface area (Å²) < 4.78 is 5.79. The number of carbonyl (C=O) groups excluding carboxylic acids is 1. The van der Waals surface area contributed by atoms with Crippen LogP contribution in [-0.4, -0.2) is 31.2 Å². The van der Waals surface area contributed by atoms with Gasteiger partial charge in [0.1, 0.15) is 0 Å². The number of carbonyl (C=O) groups is 1. The van der Waals surface area contributed by atoms with Gasteiger partial charge in [-0.05, 0) is 32.6 Å². The maximum atomic E-state index is 11.9.